The molecule has 7 heteroatoms. The van der Waals surface area contributed by atoms with Crippen LogP contribution in [0, 0.1) is 0 Å². The van der Waals surface area contributed by atoms with E-state index in [1.54, 1.807) is 25.4 Å². The van der Waals surface area contributed by atoms with Gasteiger partial charge in [0.1, 0.15) is 0 Å². The van der Waals surface area contributed by atoms with Gasteiger partial charge in [0, 0.05) is 28.7 Å². The molecule has 1 aromatic heterocycles. The van der Waals surface area contributed by atoms with E-state index in [2.05, 4.69) is 42.6 Å². The first-order valence-corrected chi connectivity index (χ1v) is 12.4. The minimum Gasteiger partial charge on any atom is -0.481 e. The molecule has 0 atom stereocenters. The Hall–Kier alpha value is -3.06. The van der Waals surface area contributed by atoms with Crippen molar-refractivity contribution in [2.45, 2.75) is 39.0 Å². The summed E-state index contributed by atoms with van der Waals surface area (Å²) in [6.07, 6.45) is 4.38. The fourth-order valence-electron chi connectivity index (χ4n) is 3.57. The van der Waals surface area contributed by atoms with Crippen molar-refractivity contribution in [3.8, 4) is 17.0 Å². The SMILES string of the molecule is COc1ncccc1-c1cc(C(C)(C)C)cc(CCc2ccc(NS(C)(=O)=O)cc2)c1N. The second-order valence-corrected chi connectivity index (χ2v) is 10.7. The summed E-state index contributed by atoms with van der Waals surface area (Å²) in [5.41, 5.74) is 13.0. The van der Waals surface area contributed by atoms with Gasteiger partial charge in [0.2, 0.25) is 15.9 Å². The molecule has 3 rings (SSSR count). The van der Waals surface area contributed by atoms with E-state index in [1.807, 2.05) is 24.3 Å². The Kier molecular flexibility index (Phi) is 6.79. The number of nitrogen functional groups attached to an aromatic ring is 1. The molecular formula is C25H31N3O3S. The lowest BCUT2D eigenvalue weighted by molar-refractivity contribution is 0.399. The Labute approximate surface area is 190 Å². The monoisotopic (exact) mass is 453 g/mol. The first-order valence-electron chi connectivity index (χ1n) is 10.5. The van der Waals surface area contributed by atoms with E-state index in [0.717, 1.165) is 47.0 Å². The minimum absolute atomic E-state index is 0.0500. The third-order valence-corrected chi connectivity index (χ3v) is 5.93. The van der Waals surface area contributed by atoms with Crippen LogP contribution < -0.4 is 15.2 Å². The summed E-state index contributed by atoms with van der Waals surface area (Å²) >= 11 is 0. The zero-order valence-corrected chi connectivity index (χ0v) is 20.1. The van der Waals surface area contributed by atoms with Gasteiger partial charge in [0.05, 0.1) is 13.4 Å². The second-order valence-electron chi connectivity index (χ2n) is 8.98. The van der Waals surface area contributed by atoms with E-state index in [9.17, 15) is 8.42 Å². The summed E-state index contributed by atoms with van der Waals surface area (Å²) in [6.45, 7) is 6.54. The van der Waals surface area contributed by atoms with Crippen LogP contribution in [0.25, 0.3) is 11.1 Å². The summed E-state index contributed by atoms with van der Waals surface area (Å²) in [5, 5.41) is 0. The molecule has 3 aromatic rings. The molecule has 1 heterocycles. The number of anilines is 2. The third-order valence-electron chi connectivity index (χ3n) is 5.33. The van der Waals surface area contributed by atoms with E-state index in [-0.39, 0.29) is 5.41 Å². The van der Waals surface area contributed by atoms with E-state index < -0.39 is 10.0 Å². The second kappa shape index (κ2) is 9.20. The van der Waals surface area contributed by atoms with E-state index in [0.29, 0.717) is 11.6 Å². The molecular weight excluding hydrogens is 422 g/mol. The number of nitrogens with zero attached hydrogens (tertiary/aromatic N) is 1. The fraction of sp³-hybridized carbons (Fsp3) is 0.320. The summed E-state index contributed by atoms with van der Waals surface area (Å²) in [5.74, 6) is 0.546. The number of sulfonamides is 1. The maximum absolute atomic E-state index is 11.4. The van der Waals surface area contributed by atoms with Crippen LogP contribution in [-0.2, 0) is 28.3 Å². The number of hydrogen-bond acceptors (Lipinski definition) is 5. The van der Waals surface area contributed by atoms with Crippen LogP contribution in [0.5, 0.6) is 5.88 Å². The topological polar surface area (TPSA) is 94.3 Å². The highest BCUT2D eigenvalue weighted by atomic mass is 32.2. The van der Waals surface area contributed by atoms with Gasteiger partial charge in [-0.2, -0.15) is 0 Å². The predicted molar refractivity (Wildman–Crippen MR) is 132 cm³/mol. The minimum atomic E-state index is -3.29. The van der Waals surface area contributed by atoms with Crippen molar-refractivity contribution in [1.29, 1.82) is 0 Å². The van der Waals surface area contributed by atoms with Crippen LogP contribution >= 0.6 is 0 Å². The van der Waals surface area contributed by atoms with E-state index in [1.165, 1.54) is 5.56 Å². The molecule has 32 heavy (non-hydrogen) atoms. The van der Waals surface area contributed by atoms with Crippen LogP contribution in [-0.4, -0.2) is 26.8 Å². The van der Waals surface area contributed by atoms with Gasteiger partial charge in [-0.3, -0.25) is 4.72 Å². The molecule has 170 valence electrons. The van der Waals surface area contributed by atoms with Crippen LogP contribution in [0.1, 0.15) is 37.5 Å². The zero-order valence-electron chi connectivity index (χ0n) is 19.3. The number of rotatable bonds is 7. The number of methoxy groups -OCH3 is 1. The molecule has 0 saturated heterocycles. The van der Waals surface area contributed by atoms with Gasteiger partial charge in [0.25, 0.3) is 0 Å². The average molecular weight is 454 g/mol. The molecule has 0 saturated carbocycles. The number of ether oxygens (including phenoxy) is 1. The lowest BCUT2D eigenvalue weighted by Crippen LogP contribution is -2.13. The van der Waals surface area contributed by atoms with Gasteiger partial charge in [0.15, 0.2) is 0 Å². The van der Waals surface area contributed by atoms with Crippen molar-refractivity contribution < 1.29 is 13.2 Å². The lowest BCUT2D eigenvalue weighted by Gasteiger charge is -2.23. The fourth-order valence-corrected chi connectivity index (χ4v) is 4.13. The van der Waals surface area contributed by atoms with Crippen LogP contribution in [0.4, 0.5) is 11.4 Å². The lowest BCUT2D eigenvalue weighted by atomic mass is 9.82. The van der Waals surface area contributed by atoms with E-state index >= 15 is 0 Å². The molecule has 0 aliphatic carbocycles. The Balaban J connectivity index is 1.94. The zero-order chi connectivity index (χ0) is 23.5. The predicted octanol–water partition coefficient (Wildman–Crippen LogP) is 4.79. The number of hydrogen-bond donors (Lipinski definition) is 2. The van der Waals surface area contributed by atoms with Crippen LogP contribution in [0.2, 0.25) is 0 Å². The third kappa shape index (κ3) is 5.79. The molecule has 0 amide bonds. The average Bonchev–Trinajstić information content (AvgIpc) is 2.72. The quantitative estimate of drug-likeness (QED) is 0.502. The van der Waals surface area contributed by atoms with Crippen molar-refractivity contribution in [3.63, 3.8) is 0 Å². The number of aromatic nitrogens is 1. The summed E-state index contributed by atoms with van der Waals surface area (Å²) in [6, 6.07) is 15.6. The Morgan fingerprint density at radius 1 is 1.03 bits per heavy atom. The highest BCUT2D eigenvalue weighted by Gasteiger charge is 2.20. The van der Waals surface area contributed by atoms with Crippen LogP contribution in [0.15, 0.2) is 54.7 Å². The standard InChI is InChI=1S/C25H31N3O3S/c1-25(2,3)19-15-18(11-8-17-9-12-20(13-10-17)28-32(5,29)30)23(26)22(16-19)21-7-6-14-27-24(21)31-4/h6-7,9-10,12-16,28H,8,11,26H2,1-5H3. The van der Waals surface area contributed by atoms with Crippen molar-refractivity contribution in [2.75, 3.05) is 23.8 Å². The number of pyridine rings is 1. The smallest absolute Gasteiger partial charge is 0.229 e. The van der Waals surface area contributed by atoms with Gasteiger partial charge in [-0.25, -0.2) is 13.4 Å². The van der Waals surface area contributed by atoms with Crippen molar-refractivity contribution >= 4 is 21.4 Å². The highest BCUT2D eigenvalue weighted by Crippen LogP contribution is 2.38. The van der Waals surface area contributed by atoms with Gasteiger partial charge in [-0.05, 0) is 65.3 Å². The molecule has 3 N–H and O–H groups in total. The van der Waals surface area contributed by atoms with E-state index in [4.69, 9.17) is 10.5 Å². The largest absolute Gasteiger partial charge is 0.481 e. The normalized spacial score (nSPS) is 11.9. The van der Waals surface area contributed by atoms with Crippen molar-refractivity contribution in [1.82, 2.24) is 4.98 Å². The molecule has 0 spiro atoms. The molecule has 6 nitrogen and oxygen atoms in total. The molecule has 0 unspecified atom stereocenters. The number of aryl methyl sites for hydroxylation is 2. The molecule has 0 aliphatic rings. The molecule has 0 fully saturated rings. The highest BCUT2D eigenvalue weighted by molar-refractivity contribution is 7.92. The van der Waals surface area contributed by atoms with Gasteiger partial charge in [-0.1, -0.05) is 39.0 Å². The summed E-state index contributed by atoms with van der Waals surface area (Å²) in [4.78, 5) is 4.34. The first-order chi connectivity index (χ1) is 15.0. The molecule has 2 aromatic carbocycles. The Bertz CT molecular complexity index is 1200. The number of benzene rings is 2. The maximum Gasteiger partial charge on any atom is 0.229 e. The molecule has 0 aliphatic heterocycles. The summed E-state index contributed by atoms with van der Waals surface area (Å²) in [7, 11) is -1.68. The molecule has 0 bridgehead atoms. The van der Waals surface area contributed by atoms with Gasteiger partial charge in [-0.15, -0.1) is 0 Å². The van der Waals surface area contributed by atoms with Crippen LogP contribution in [0.3, 0.4) is 0 Å². The number of nitrogens with two attached hydrogens (primary N) is 1. The van der Waals surface area contributed by atoms with Crippen molar-refractivity contribution in [2.24, 2.45) is 0 Å². The maximum atomic E-state index is 11.4. The Morgan fingerprint density at radius 3 is 2.31 bits per heavy atom. The summed E-state index contributed by atoms with van der Waals surface area (Å²) < 4.78 is 30.8. The first kappa shape index (κ1) is 23.6. The molecule has 0 radical (unpaired) electrons. The van der Waals surface area contributed by atoms with Gasteiger partial charge < -0.3 is 10.5 Å². The van der Waals surface area contributed by atoms with Gasteiger partial charge >= 0.3 is 0 Å². The van der Waals surface area contributed by atoms with Crippen molar-refractivity contribution in [3.05, 3.63) is 71.4 Å². The number of nitrogens with one attached hydrogen (secondary N) is 1. The Morgan fingerprint density at radius 2 is 1.72 bits per heavy atom.